The van der Waals surface area contributed by atoms with Crippen molar-refractivity contribution < 1.29 is 5.11 Å². The third-order valence-corrected chi connectivity index (χ3v) is 4.18. The summed E-state index contributed by atoms with van der Waals surface area (Å²) in [5.41, 5.74) is 2.98. The number of hydrogen-bond acceptors (Lipinski definition) is 5. The Bertz CT molecular complexity index is 553. The van der Waals surface area contributed by atoms with Crippen molar-refractivity contribution in [2.45, 2.75) is 33.9 Å². The van der Waals surface area contributed by atoms with Gasteiger partial charge in [0.25, 0.3) is 0 Å². The van der Waals surface area contributed by atoms with Gasteiger partial charge >= 0.3 is 0 Å². The lowest BCUT2D eigenvalue weighted by Crippen LogP contribution is -2.22. The van der Waals surface area contributed by atoms with E-state index in [1.54, 1.807) is 11.3 Å². The summed E-state index contributed by atoms with van der Waals surface area (Å²) in [4.78, 5) is 12.2. The molecule has 0 amide bonds. The molecule has 0 saturated carbocycles. The minimum Gasteiger partial charge on any atom is -0.391 e. The number of aryl methyl sites for hydroxylation is 2. The van der Waals surface area contributed by atoms with Crippen molar-refractivity contribution in [1.29, 1.82) is 0 Å². The molecule has 0 bridgehead atoms. The molecule has 0 saturated heterocycles. The zero-order valence-electron chi connectivity index (χ0n) is 11.6. The molecule has 2 aromatic rings. The van der Waals surface area contributed by atoms with Crippen LogP contribution in [0.1, 0.15) is 28.9 Å². The van der Waals surface area contributed by atoms with Crippen molar-refractivity contribution in [2.75, 3.05) is 11.4 Å². The van der Waals surface area contributed by atoms with Gasteiger partial charge in [-0.2, -0.15) is 0 Å². The van der Waals surface area contributed by atoms with E-state index in [1.165, 1.54) is 0 Å². The average Bonchev–Trinajstić information content (AvgIpc) is 2.77. The summed E-state index contributed by atoms with van der Waals surface area (Å²) in [7, 11) is 0. The quantitative estimate of drug-likeness (QED) is 0.913. The lowest BCUT2D eigenvalue weighted by Gasteiger charge is -2.19. The molecule has 0 aromatic carbocycles. The number of aliphatic hydroxyl groups is 1. The number of aromatic nitrogens is 2. The van der Waals surface area contributed by atoms with E-state index < -0.39 is 0 Å². The van der Waals surface area contributed by atoms with Crippen molar-refractivity contribution >= 4 is 16.5 Å². The molecule has 0 unspecified atom stereocenters. The highest BCUT2D eigenvalue weighted by molar-refractivity contribution is 7.15. The largest absolute Gasteiger partial charge is 0.391 e. The van der Waals surface area contributed by atoms with E-state index in [0.717, 1.165) is 40.2 Å². The van der Waals surface area contributed by atoms with Crippen LogP contribution in [0.5, 0.6) is 0 Å². The molecule has 1 N–H and O–H groups in total. The fourth-order valence-corrected chi connectivity index (χ4v) is 2.88. The minimum absolute atomic E-state index is 0.0593. The van der Waals surface area contributed by atoms with E-state index >= 15 is 0 Å². The fraction of sp³-hybridized carbons (Fsp3) is 0.429. The molecule has 0 atom stereocenters. The number of thiazole rings is 1. The number of aliphatic hydroxyl groups excluding tert-OH is 1. The SMILES string of the molecule is CCN(Cc1cccc(C)n1)c1nc(C)c(CO)s1. The molecule has 4 nitrogen and oxygen atoms in total. The van der Waals surface area contributed by atoms with E-state index in [1.807, 2.05) is 32.0 Å². The van der Waals surface area contributed by atoms with E-state index in [4.69, 9.17) is 0 Å². The van der Waals surface area contributed by atoms with Gasteiger partial charge in [-0.15, -0.1) is 0 Å². The van der Waals surface area contributed by atoms with Crippen LogP contribution in [0.25, 0.3) is 0 Å². The van der Waals surface area contributed by atoms with Crippen molar-refractivity contribution in [3.05, 3.63) is 40.2 Å². The molecule has 2 aromatic heterocycles. The summed E-state index contributed by atoms with van der Waals surface area (Å²) in [5.74, 6) is 0. The van der Waals surface area contributed by atoms with E-state index in [0.29, 0.717) is 0 Å². The van der Waals surface area contributed by atoms with Gasteiger partial charge in [0.2, 0.25) is 0 Å². The van der Waals surface area contributed by atoms with Gasteiger partial charge in [0.05, 0.1) is 29.4 Å². The fourth-order valence-electron chi connectivity index (χ4n) is 1.89. The molecule has 0 radical (unpaired) electrons. The number of nitrogens with zero attached hydrogens (tertiary/aromatic N) is 3. The lowest BCUT2D eigenvalue weighted by molar-refractivity contribution is 0.284. The van der Waals surface area contributed by atoms with E-state index in [9.17, 15) is 5.11 Å². The Morgan fingerprint density at radius 3 is 2.63 bits per heavy atom. The summed E-state index contributed by atoms with van der Waals surface area (Å²) in [5, 5.41) is 10.2. The maximum absolute atomic E-state index is 9.25. The van der Waals surface area contributed by atoms with Gasteiger partial charge in [-0.3, -0.25) is 4.98 Å². The van der Waals surface area contributed by atoms with Gasteiger partial charge in [0.15, 0.2) is 5.13 Å². The Balaban J connectivity index is 2.19. The topological polar surface area (TPSA) is 49.2 Å². The smallest absolute Gasteiger partial charge is 0.186 e. The zero-order chi connectivity index (χ0) is 13.8. The first-order chi connectivity index (χ1) is 9.13. The number of pyridine rings is 1. The van der Waals surface area contributed by atoms with Crippen LogP contribution in [0.2, 0.25) is 0 Å². The van der Waals surface area contributed by atoms with Gasteiger partial charge in [-0.05, 0) is 32.9 Å². The van der Waals surface area contributed by atoms with E-state index in [-0.39, 0.29) is 6.61 Å². The van der Waals surface area contributed by atoms with E-state index in [2.05, 4.69) is 21.8 Å². The Morgan fingerprint density at radius 1 is 1.26 bits per heavy atom. The lowest BCUT2D eigenvalue weighted by atomic mass is 10.3. The molecular formula is C14H19N3OS. The first kappa shape index (κ1) is 14.0. The highest BCUT2D eigenvalue weighted by Crippen LogP contribution is 2.26. The van der Waals surface area contributed by atoms with Gasteiger partial charge in [-0.1, -0.05) is 17.4 Å². The van der Waals surface area contributed by atoms with Gasteiger partial charge in [-0.25, -0.2) is 4.98 Å². The number of anilines is 1. The van der Waals surface area contributed by atoms with Crippen molar-refractivity contribution in [3.63, 3.8) is 0 Å². The van der Waals surface area contributed by atoms with Crippen LogP contribution in [0.3, 0.4) is 0 Å². The van der Waals surface area contributed by atoms with Crippen molar-refractivity contribution in [1.82, 2.24) is 9.97 Å². The highest BCUT2D eigenvalue weighted by Gasteiger charge is 2.13. The number of rotatable bonds is 5. The highest BCUT2D eigenvalue weighted by atomic mass is 32.1. The van der Waals surface area contributed by atoms with Crippen LogP contribution >= 0.6 is 11.3 Å². The molecule has 2 heterocycles. The normalized spacial score (nSPS) is 10.7. The maximum atomic E-state index is 9.25. The molecule has 5 heteroatoms. The number of hydrogen-bond donors (Lipinski definition) is 1. The second kappa shape index (κ2) is 6.12. The molecular weight excluding hydrogens is 258 g/mol. The van der Waals surface area contributed by atoms with Crippen LogP contribution in [0.4, 0.5) is 5.13 Å². The Hall–Kier alpha value is -1.46. The molecule has 0 aliphatic carbocycles. The van der Waals surface area contributed by atoms with Crippen LogP contribution in [-0.2, 0) is 13.2 Å². The third kappa shape index (κ3) is 3.30. The van der Waals surface area contributed by atoms with Gasteiger partial charge < -0.3 is 10.0 Å². The monoisotopic (exact) mass is 277 g/mol. The summed E-state index contributed by atoms with van der Waals surface area (Å²) in [6.45, 7) is 7.71. The molecule has 19 heavy (non-hydrogen) atoms. The first-order valence-electron chi connectivity index (χ1n) is 6.38. The maximum Gasteiger partial charge on any atom is 0.186 e. The van der Waals surface area contributed by atoms with Crippen LogP contribution < -0.4 is 4.90 Å². The van der Waals surface area contributed by atoms with Gasteiger partial charge in [0, 0.05) is 12.2 Å². The van der Waals surface area contributed by atoms with Crippen LogP contribution in [-0.4, -0.2) is 21.6 Å². The molecule has 0 aliphatic heterocycles. The van der Waals surface area contributed by atoms with Crippen molar-refractivity contribution in [3.8, 4) is 0 Å². The molecule has 102 valence electrons. The second-order valence-electron chi connectivity index (χ2n) is 4.45. The predicted molar refractivity (Wildman–Crippen MR) is 78.5 cm³/mol. The summed E-state index contributed by atoms with van der Waals surface area (Å²) < 4.78 is 0. The molecule has 2 rings (SSSR count). The van der Waals surface area contributed by atoms with Gasteiger partial charge in [0.1, 0.15) is 0 Å². The molecule has 0 fully saturated rings. The van der Waals surface area contributed by atoms with Crippen LogP contribution in [0, 0.1) is 13.8 Å². The standard InChI is InChI=1S/C14H19N3OS/c1-4-17(8-12-7-5-6-10(2)15-12)14-16-11(3)13(9-18)19-14/h5-7,18H,4,8-9H2,1-3H3. The molecule has 0 spiro atoms. The summed E-state index contributed by atoms with van der Waals surface area (Å²) in [6.07, 6.45) is 0. The predicted octanol–water partition coefficient (Wildman–Crippen LogP) is 2.67. The van der Waals surface area contributed by atoms with Crippen LogP contribution in [0.15, 0.2) is 18.2 Å². The average molecular weight is 277 g/mol. The first-order valence-corrected chi connectivity index (χ1v) is 7.20. The third-order valence-electron chi connectivity index (χ3n) is 2.98. The van der Waals surface area contributed by atoms with Crippen molar-refractivity contribution in [2.24, 2.45) is 0 Å². The summed E-state index contributed by atoms with van der Waals surface area (Å²) >= 11 is 1.55. The second-order valence-corrected chi connectivity index (χ2v) is 5.51. The Labute approximate surface area is 117 Å². The minimum atomic E-state index is 0.0593. The zero-order valence-corrected chi connectivity index (χ0v) is 12.4. The molecule has 0 aliphatic rings. The Morgan fingerprint density at radius 2 is 2.05 bits per heavy atom. The Kier molecular flexibility index (Phi) is 4.50. The summed E-state index contributed by atoms with van der Waals surface area (Å²) in [6, 6.07) is 6.05.